The summed E-state index contributed by atoms with van der Waals surface area (Å²) < 4.78 is 5.28. The maximum absolute atomic E-state index is 5.28. The Hall–Kier alpha value is -0.900. The largest absolute Gasteiger partial charge is 0.337 e. The summed E-state index contributed by atoms with van der Waals surface area (Å²) >= 11 is 0. The van der Waals surface area contributed by atoms with E-state index < -0.39 is 0 Å². The predicted octanol–water partition coefficient (Wildman–Crippen LogP) is 1.76. The zero-order valence-electron chi connectivity index (χ0n) is 8.84. The van der Waals surface area contributed by atoms with Crippen molar-refractivity contribution in [2.45, 2.75) is 45.1 Å². The summed E-state index contributed by atoms with van der Waals surface area (Å²) in [7, 11) is 0. The van der Waals surface area contributed by atoms with Crippen LogP contribution in [0.2, 0.25) is 0 Å². The molecule has 1 aliphatic rings. The van der Waals surface area contributed by atoms with Crippen LogP contribution in [-0.2, 0) is 5.54 Å². The molecule has 1 aromatic heterocycles. The zero-order chi connectivity index (χ0) is 10.0. The Morgan fingerprint density at radius 3 is 2.93 bits per heavy atom. The highest BCUT2D eigenvalue weighted by molar-refractivity contribution is 5.06. The van der Waals surface area contributed by atoms with Crippen LogP contribution < -0.4 is 5.32 Å². The van der Waals surface area contributed by atoms with Crippen molar-refractivity contribution in [3.63, 3.8) is 0 Å². The first-order chi connectivity index (χ1) is 6.77. The van der Waals surface area contributed by atoms with Gasteiger partial charge in [-0.05, 0) is 32.7 Å². The van der Waals surface area contributed by atoms with Gasteiger partial charge in [0.25, 0.3) is 0 Å². The van der Waals surface area contributed by atoms with Crippen molar-refractivity contribution < 1.29 is 4.52 Å². The molecule has 0 saturated carbocycles. The van der Waals surface area contributed by atoms with Gasteiger partial charge in [0.15, 0.2) is 5.82 Å². The van der Waals surface area contributed by atoms with Crippen LogP contribution in [0.3, 0.4) is 0 Å². The van der Waals surface area contributed by atoms with Gasteiger partial charge in [-0.3, -0.25) is 0 Å². The second-order valence-electron chi connectivity index (χ2n) is 4.01. The number of aryl methyl sites for hydroxylation is 1. The highest BCUT2D eigenvalue weighted by Crippen LogP contribution is 2.33. The van der Waals surface area contributed by atoms with Crippen LogP contribution in [0.4, 0.5) is 0 Å². The lowest BCUT2D eigenvalue weighted by Gasteiger charge is -2.24. The van der Waals surface area contributed by atoms with E-state index in [1.54, 1.807) is 0 Å². The third kappa shape index (κ3) is 1.54. The van der Waals surface area contributed by atoms with Crippen LogP contribution in [0.15, 0.2) is 4.52 Å². The second-order valence-corrected chi connectivity index (χ2v) is 4.01. The molecular weight excluding hydrogens is 178 g/mol. The van der Waals surface area contributed by atoms with Gasteiger partial charge in [0.2, 0.25) is 5.89 Å². The molecule has 0 spiro atoms. The fourth-order valence-corrected chi connectivity index (χ4v) is 2.23. The van der Waals surface area contributed by atoms with Crippen LogP contribution in [0.5, 0.6) is 0 Å². The van der Waals surface area contributed by atoms with Crippen LogP contribution in [-0.4, -0.2) is 16.7 Å². The van der Waals surface area contributed by atoms with Gasteiger partial charge in [0.05, 0.1) is 5.54 Å². The quantitative estimate of drug-likeness (QED) is 0.798. The van der Waals surface area contributed by atoms with Gasteiger partial charge in [0.1, 0.15) is 0 Å². The average molecular weight is 195 g/mol. The van der Waals surface area contributed by atoms with Crippen LogP contribution >= 0.6 is 0 Å². The van der Waals surface area contributed by atoms with Crippen molar-refractivity contribution in [3.05, 3.63) is 11.7 Å². The number of aromatic nitrogens is 2. The van der Waals surface area contributed by atoms with E-state index in [4.69, 9.17) is 4.52 Å². The van der Waals surface area contributed by atoms with E-state index >= 15 is 0 Å². The lowest BCUT2D eigenvalue weighted by Crippen LogP contribution is -2.37. The summed E-state index contributed by atoms with van der Waals surface area (Å²) in [6.07, 6.45) is 4.52. The fourth-order valence-electron chi connectivity index (χ4n) is 2.23. The smallest absolute Gasteiger partial charge is 0.246 e. The summed E-state index contributed by atoms with van der Waals surface area (Å²) in [6.45, 7) is 5.11. The third-order valence-electron chi connectivity index (χ3n) is 2.86. The van der Waals surface area contributed by atoms with Gasteiger partial charge >= 0.3 is 0 Å². The molecule has 14 heavy (non-hydrogen) atoms. The van der Waals surface area contributed by atoms with E-state index in [2.05, 4.69) is 22.4 Å². The van der Waals surface area contributed by atoms with Crippen molar-refractivity contribution in [2.24, 2.45) is 0 Å². The molecule has 0 amide bonds. The molecule has 1 aromatic rings. The molecule has 1 saturated heterocycles. The SMILES string of the molecule is CCCC1(c2nc(C)no2)CCCN1. The van der Waals surface area contributed by atoms with E-state index in [9.17, 15) is 0 Å². The maximum Gasteiger partial charge on any atom is 0.246 e. The minimum atomic E-state index is -0.0317. The summed E-state index contributed by atoms with van der Waals surface area (Å²) in [6, 6.07) is 0. The summed E-state index contributed by atoms with van der Waals surface area (Å²) in [5.41, 5.74) is -0.0317. The summed E-state index contributed by atoms with van der Waals surface area (Å²) in [4.78, 5) is 4.34. The van der Waals surface area contributed by atoms with Crippen molar-refractivity contribution in [2.75, 3.05) is 6.54 Å². The van der Waals surface area contributed by atoms with Gasteiger partial charge < -0.3 is 9.84 Å². The molecule has 4 heteroatoms. The lowest BCUT2D eigenvalue weighted by atomic mass is 9.92. The lowest BCUT2D eigenvalue weighted by molar-refractivity contribution is 0.241. The molecule has 1 N–H and O–H groups in total. The molecule has 0 radical (unpaired) electrons. The number of nitrogens with one attached hydrogen (secondary N) is 1. The highest BCUT2D eigenvalue weighted by Gasteiger charge is 2.39. The Kier molecular flexibility index (Phi) is 2.54. The molecule has 4 nitrogen and oxygen atoms in total. The van der Waals surface area contributed by atoms with E-state index in [1.165, 1.54) is 6.42 Å². The fraction of sp³-hybridized carbons (Fsp3) is 0.800. The molecule has 78 valence electrons. The average Bonchev–Trinajstić information content (AvgIpc) is 2.75. The standard InChI is InChI=1S/C10H17N3O/c1-3-5-10(6-4-7-11-10)9-12-8(2)13-14-9/h11H,3-7H2,1-2H3. The van der Waals surface area contributed by atoms with Gasteiger partial charge in [-0.15, -0.1) is 0 Å². The number of hydrogen-bond acceptors (Lipinski definition) is 4. The molecular formula is C10H17N3O. The summed E-state index contributed by atoms with van der Waals surface area (Å²) in [5.74, 6) is 1.50. The molecule has 1 fully saturated rings. The third-order valence-corrected chi connectivity index (χ3v) is 2.86. The van der Waals surface area contributed by atoms with E-state index in [0.717, 1.165) is 37.5 Å². The number of rotatable bonds is 3. The molecule has 0 aromatic carbocycles. The predicted molar refractivity (Wildman–Crippen MR) is 52.9 cm³/mol. The first-order valence-corrected chi connectivity index (χ1v) is 5.33. The zero-order valence-corrected chi connectivity index (χ0v) is 8.84. The Morgan fingerprint density at radius 2 is 2.43 bits per heavy atom. The van der Waals surface area contributed by atoms with Crippen molar-refractivity contribution in [1.29, 1.82) is 0 Å². The topological polar surface area (TPSA) is 51.0 Å². The monoisotopic (exact) mass is 195 g/mol. The van der Waals surface area contributed by atoms with Crippen molar-refractivity contribution in [3.8, 4) is 0 Å². The Bertz CT molecular complexity index is 302. The molecule has 1 atom stereocenters. The van der Waals surface area contributed by atoms with Crippen molar-refractivity contribution >= 4 is 0 Å². The molecule has 1 unspecified atom stereocenters. The van der Waals surface area contributed by atoms with Gasteiger partial charge in [-0.1, -0.05) is 18.5 Å². The normalized spacial score (nSPS) is 27.0. The summed E-state index contributed by atoms with van der Waals surface area (Å²) in [5, 5.41) is 7.37. The van der Waals surface area contributed by atoms with E-state index in [1.807, 2.05) is 6.92 Å². The van der Waals surface area contributed by atoms with Crippen LogP contribution in [0.1, 0.15) is 44.3 Å². The van der Waals surface area contributed by atoms with Gasteiger partial charge in [-0.25, -0.2) is 0 Å². The van der Waals surface area contributed by atoms with Crippen LogP contribution in [0, 0.1) is 6.92 Å². The minimum absolute atomic E-state index is 0.0317. The van der Waals surface area contributed by atoms with Crippen molar-refractivity contribution in [1.82, 2.24) is 15.5 Å². The highest BCUT2D eigenvalue weighted by atomic mass is 16.5. The van der Waals surface area contributed by atoms with E-state index in [0.29, 0.717) is 0 Å². The van der Waals surface area contributed by atoms with Gasteiger partial charge in [-0.2, -0.15) is 4.98 Å². The minimum Gasteiger partial charge on any atom is -0.337 e. The first-order valence-electron chi connectivity index (χ1n) is 5.33. The Morgan fingerprint density at radius 1 is 1.57 bits per heavy atom. The molecule has 0 aliphatic carbocycles. The number of hydrogen-bond donors (Lipinski definition) is 1. The maximum atomic E-state index is 5.28. The first kappa shape index (κ1) is 9.65. The molecule has 2 rings (SSSR count). The molecule has 0 bridgehead atoms. The Balaban J connectivity index is 2.26. The second kappa shape index (κ2) is 3.69. The molecule has 2 heterocycles. The number of nitrogens with zero attached hydrogens (tertiary/aromatic N) is 2. The van der Waals surface area contributed by atoms with Crippen LogP contribution in [0.25, 0.3) is 0 Å². The Labute approximate surface area is 84.1 Å². The molecule has 1 aliphatic heterocycles. The van der Waals surface area contributed by atoms with E-state index in [-0.39, 0.29) is 5.54 Å². The van der Waals surface area contributed by atoms with Gasteiger partial charge in [0, 0.05) is 0 Å².